The second kappa shape index (κ2) is 12.5. The number of fused-ring (bicyclic) bond motifs is 1. The van der Waals surface area contributed by atoms with Crippen LogP contribution in [0.15, 0.2) is 89.3 Å². The number of aliphatic hydroxyl groups is 1. The highest BCUT2D eigenvalue weighted by molar-refractivity contribution is 7.92. The number of hydrogen-bond donors (Lipinski definition) is 1. The van der Waals surface area contributed by atoms with Crippen LogP contribution in [-0.2, 0) is 15.4 Å². The van der Waals surface area contributed by atoms with Crippen molar-refractivity contribution in [2.75, 3.05) is 23.7 Å². The smallest absolute Gasteiger partial charge is 0.232 e. The Morgan fingerprint density at radius 2 is 1.62 bits per heavy atom. The zero-order chi connectivity index (χ0) is 33.5. The van der Waals surface area contributed by atoms with Gasteiger partial charge in [-0.3, -0.25) is 13.9 Å². The molecular formula is C37H33F2NO6S. The van der Waals surface area contributed by atoms with E-state index in [0.29, 0.717) is 10.9 Å². The number of anilines is 1. The minimum absolute atomic E-state index is 0.00426. The Morgan fingerprint density at radius 3 is 2.23 bits per heavy atom. The van der Waals surface area contributed by atoms with Crippen LogP contribution in [0.5, 0.6) is 0 Å². The molecule has 1 aromatic heterocycles. The number of rotatable bonds is 12. The van der Waals surface area contributed by atoms with E-state index in [4.69, 9.17) is 4.42 Å². The number of halogens is 2. The number of benzene rings is 4. The standard InChI is InChI=1S/C37H33F2NO6S/c1-3-32(42)35-29-20-28(27-19-24(11-14-30(27)39)33(43)22-37(15-16-37)25-7-5-4-6-8-25)31(40(17-18-41)47(2,44)45)21-34(29)46-36(35)23-9-12-26(38)13-10-23/h4-14,19-21,41H,3,15-18,22H2,1-2H3. The molecule has 1 aliphatic rings. The number of hydrogen-bond acceptors (Lipinski definition) is 6. The van der Waals surface area contributed by atoms with Gasteiger partial charge in [-0.2, -0.15) is 0 Å². The van der Waals surface area contributed by atoms with Crippen LogP contribution < -0.4 is 4.31 Å². The Morgan fingerprint density at radius 1 is 0.915 bits per heavy atom. The third-order valence-electron chi connectivity index (χ3n) is 8.80. The largest absolute Gasteiger partial charge is 0.455 e. The molecule has 0 unspecified atom stereocenters. The van der Waals surface area contributed by atoms with E-state index in [0.717, 1.165) is 29.0 Å². The van der Waals surface area contributed by atoms with Gasteiger partial charge >= 0.3 is 0 Å². The van der Waals surface area contributed by atoms with Crippen LogP contribution in [0.2, 0.25) is 0 Å². The summed E-state index contributed by atoms with van der Waals surface area (Å²) < 4.78 is 62.7. The van der Waals surface area contributed by atoms with Gasteiger partial charge in [0.15, 0.2) is 11.6 Å². The minimum atomic E-state index is -4.01. The molecule has 0 aliphatic heterocycles. The lowest BCUT2D eigenvalue weighted by atomic mass is 9.88. The van der Waals surface area contributed by atoms with E-state index in [1.807, 2.05) is 30.3 Å². The van der Waals surface area contributed by atoms with Crippen molar-refractivity contribution in [3.05, 3.63) is 113 Å². The summed E-state index contributed by atoms with van der Waals surface area (Å²) in [5.41, 5.74) is 1.81. The number of carbonyl (C=O) groups excluding carboxylic acids is 2. The Hall–Kier alpha value is -4.67. The second-order valence-corrected chi connectivity index (χ2v) is 13.9. The molecule has 0 atom stereocenters. The van der Waals surface area contributed by atoms with Crippen molar-refractivity contribution >= 4 is 38.2 Å². The molecule has 6 rings (SSSR count). The summed E-state index contributed by atoms with van der Waals surface area (Å²) in [7, 11) is -4.01. The molecule has 7 nitrogen and oxygen atoms in total. The first-order valence-corrected chi connectivity index (χ1v) is 17.2. The first-order valence-electron chi connectivity index (χ1n) is 15.3. The highest BCUT2D eigenvalue weighted by Gasteiger charge is 2.45. The van der Waals surface area contributed by atoms with Gasteiger partial charge in [-0.15, -0.1) is 0 Å². The van der Waals surface area contributed by atoms with Crippen LogP contribution >= 0.6 is 0 Å². The molecule has 0 bridgehead atoms. The zero-order valence-electron chi connectivity index (χ0n) is 25.9. The number of ketones is 2. The molecule has 242 valence electrons. The maximum absolute atomic E-state index is 15.8. The van der Waals surface area contributed by atoms with Gasteiger partial charge in [0.1, 0.15) is 23.0 Å². The number of furan rings is 1. The topological polar surface area (TPSA) is 105 Å². The number of nitrogens with zero attached hydrogens (tertiary/aromatic N) is 1. The van der Waals surface area contributed by atoms with Gasteiger partial charge in [-0.05, 0) is 66.9 Å². The highest BCUT2D eigenvalue weighted by atomic mass is 32.2. The van der Waals surface area contributed by atoms with Gasteiger partial charge in [0.25, 0.3) is 0 Å². The monoisotopic (exact) mass is 657 g/mol. The molecule has 0 radical (unpaired) electrons. The van der Waals surface area contributed by atoms with Crippen LogP contribution in [0, 0.1) is 11.6 Å². The first-order chi connectivity index (χ1) is 22.5. The van der Waals surface area contributed by atoms with Crippen LogP contribution in [0.25, 0.3) is 33.4 Å². The van der Waals surface area contributed by atoms with Crippen molar-refractivity contribution in [1.29, 1.82) is 0 Å². The highest BCUT2D eigenvalue weighted by Crippen LogP contribution is 2.51. The quantitative estimate of drug-likeness (QED) is 0.138. The molecule has 0 saturated heterocycles. The summed E-state index contributed by atoms with van der Waals surface area (Å²) in [5, 5.41) is 10.1. The van der Waals surface area contributed by atoms with Crippen molar-refractivity contribution in [3.8, 4) is 22.5 Å². The summed E-state index contributed by atoms with van der Waals surface area (Å²) in [5.74, 6) is -1.52. The normalized spacial score (nSPS) is 13.9. The van der Waals surface area contributed by atoms with E-state index in [9.17, 15) is 27.5 Å². The second-order valence-electron chi connectivity index (χ2n) is 12.0. The van der Waals surface area contributed by atoms with Crippen LogP contribution in [0.4, 0.5) is 14.5 Å². The summed E-state index contributed by atoms with van der Waals surface area (Å²) in [6, 6.07) is 22.0. The fourth-order valence-corrected chi connectivity index (χ4v) is 7.11. The molecule has 1 saturated carbocycles. The van der Waals surface area contributed by atoms with Crippen molar-refractivity contribution in [2.24, 2.45) is 0 Å². The fraction of sp³-hybridized carbons (Fsp3) is 0.243. The minimum Gasteiger partial charge on any atom is -0.455 e. The lowest BCUT2D eigenvalue weighted by Crippen LogP contribution is -2.33. The fourth-order valence-electron chi connectivity index (χ4n) is 6.19. The predicted molar refractivity (Wildman–Crippen MR) is 177 cm³/mol. The summed E-state index contributed by atoms with van der Waals surface area (Å²) in [6.07, 6.45) is 3.00. The van der Waals surface area contributed by atoms with Gasteiger partial charge in [-0.1, -0.05) is 37.3 Å². The molecule has 0 spiro atoms. The van der Waals surface area contributed by atoms with E-state index < -0.39 is 28.3 Å². The molecule has 47 heavy (non-hydrogen) atoms. The van der Waals surface area contributed by atoms with E-state index in [1.54, 1.807) is 6.92 Å². The lowest BCUT2D eigenvalue weighted by molar-refractivity contribution is 0.0967. The van der Waals surface area contributed by atoms with Crippen molar-refractivity contribution in [1.82, 2.24) is 0 Å². The first kappa shape index (κ1) is 32.3. The number of sulfonamides is 1. The van der Waals surface area contributed by atoms with Gasteiger partial charge < -0.3 is 9.52 Å². The van der Waals surface area contributed by atoms with Gasteiger partial charge in [-0.25, -0.2) is 17.2 Å². The van der Waals surface area contributed by atoms with Gasteiger partial charge in [0.2, 0.25) is 10.0 Å². The molecule has 1 N–H and O–H groups in total. The van der Waals surface area contributed by atoms with Gasteiger partial charge in [0.05, 0.1) is 30.7 Å². The molecule has 1 fully saturated rings. The number of aliphatic hydroxyl groups excluding tert-OH is 1. The Kier molecular flexibility index (Phi) is 8.59. The SMILES string of the molecule is CCC(=O)c1c(-c2ccc(F)cc2)oc2cc(N(CCO)S(C)(=O)=O)c(-c3cc(C(=O)CC4(c5ccccc5)CC4)ccc3F)cc12. The van der Waals surface area contributed by atoms with Gasteiger partial charge in [0, 0.05) is 52.0 Å². The van der Waals surface area contributed by atoms with Crippen LogP contribution in [0.3, 0.4) is 0 Å². The average molecular weight is 658 g/mol. The zero-order valence-corrected chi connectivity index (χ0v) is 26.7. The van der Waals surface area contributed by atoms with Crippen molar-refractivity contribution < 1.29 is 36.3 Å². The Labute approximate surface area is 271 Å². The maximum Gasteiger partial charge on any atom is 0.232 e. The number of Topliss-reactive ketones (excluding diaryl/α,β-unsaturated/α-hetero) is 2. The van der Waals surface area contributed by atoms with E-state index in [1.165, 1.54) is 54.6 Å². The van der Waals surface area contributed by atoms with E-state index in [-0.39, 0.29) is 75.7 Å². The third-order valence-corrected chi connectivity index (χ3v) is 9.98. The average Bonchev–Trinajstić information content (AvgIpc) is 3.75. The van der Waals surface area contributed by atoms with Crippen LogP contribution in [0.1, 0.15) is 58.9 Å². The summed E-state index contributed by atoms with van der Waals surface area (Å²) in [4.78, 5) is 27.0. The van der Waals surface area contributed by atoms with E-state index >= 15 is 4.39 Å². The van der Waals surface area contributed by atoms with Crippen molar-refractivity contribution in [3.63, 3.8) is 0 Å². The summed E-state index contributed by atoms with van der Waals surface area (Å²) >= 11 is 0. The molecule has 0 amide bonds. The molecule has 10 heteroatoms. The Balaban J connectivity index is 1.55. The molecule has 1 aliphatic carbocycles. The van der Waals surface area contributed by atoms with Crippen molar-refractivity contribution in [2.45, 2.75) is 38.0 Å². The predicted octanol–water partition coefficient (Wildman–Crippen LogP) is 7.70. The molecule has 4 aromatic carbocycles. The maximum atomic E-state index is 15.8. The number of carbonyl (C=O) groups is 2. The molecular weight excluding hydrogens is 624 g/mol. The molecule has 5 aromatic rings. The Bertz CT molecular complexity index is 2100. The third kappa shape index (κ3) is 6.23. The summed E-state index contributed by atoms with van der Waals surface area (Å²) in [6.45, 7) is 0.795. The van der Waals surface area contributed by atoms with Crippen LogP contribution in [-0.4, -0.2) is 44.5 Å². The van der Waals surface area contributed by atoms with E-state index in [2.05, 4.69) is 0 Å². The lowest BCUT2D eigenvalue weighted by Gasteiger charge is -2.25. The molecule has 1 heterocycles.